The maximum absolute atomic E-state index is 12.4. The molecule has 2 amide bonds. The molecule has 0 saturated heterocycles. The van der Waals surface area contributed by atoms with Gasteiger partial charge in [0.15, 0.2) is 5.16 Å². The third-order valence-electron chi connectivity index (χ3n) is 4.72. The number of anilines is 1. The number of carbonyl (C=O) groups excluding carboxylic acids is 2. The average molecular weight is 539 g/mol. The molecule has 178 valence electrons. The molecule has 0 aliphatic rings. The van der Waals surface area contributed by atoms with Crippen LogP contribution in [0.15, 0.2) is 54.2 Å². The first-order chi connectivity index (χ1) is 16.3. The topological polar surface area (TPSA) is 88.9 Å². The average Bonchev–Trinajstić information content (AvgIpc) is 3.18. The van der Waals surface area contributed by atoms with Gasteiger partial charge in [0.2, 0.25) is 5.91 Å². The number of aryl methyl sites for hydroxylation is 1. The summed E-state index contributed by atoms with van der Waals surface area (Å²) >= 11 is 19.1. The second-order valence-electron chi connectivity index (χ2n) is 7.23. The summed E-state index contributed by atoms with van der Waals surface area (Å²) in [7, 11) is 0. The molecule has 0 saturated carbocycles. The highest BCUT2D eigenvalue weighted by Gasteiger charge is 2.15. The zero-order valence-corrected chi connectivity index (χ0v) is 21.4. The first kappa shape index (κ1) is 26.1. The number of hydrogen-bond donors (Lipinski definition) is 2. The summed E-state index contributed by atoms with van der Waals surface area (Å²) in [6.45, 7) is 6.48. The van der Waals surface area contributed by atoms with Crippen molar-refractivity contribution in [2.75, 3.05) is 17.6 Å². The Morgan fingerprint density at radius 1 is 1.12 bits per heavy atom. The Morgan fingerprint density at radius 2 is 1.91 bits per heavy atom. The minimum atomic E-state index is -0.267. The molecule has 7 nitrogen and oxygen atoms in total. The lowest BCUT2D eigenvalue weighted by Gasteiger charge is -2.10. The Balaban J connectivity index is 1.56. The molecule has 0 radical (unpaired) electrons. The molecule has 11 heteroatoms. The van der Waals surface area contributed by atoms with Crippen molar-refractivity contribution in [2.45, 2.75) is 25.0 Å². The van der Waals surface area contributed by atoms with E-state index in [-0.39, 0.29) is 17.6 Å². The second-order valence-corrected chi connectivity index (χ2v) is 9.42. The van der Waals surface area contributed by atoms with Crippen LogP contribution in [0.1, 0.15) is 21.7 Å². The van der Waals surface area contributed by atoms with Crippen LogP contribution in [0.4, 0.5) is 5.69 Å². The molecular formula is C23H22Cl3N5O2S. The van der Waals surface area contributed by atoms with Crippen LogP contribution < -0.4 is 10.6 Å². The van der Waals surface area contributed by atoms with Crippen molar-refractivity contribution >= 4 is 64.1 Å². The van der Waals surface area contributed by atoms with Crippen LogP contribution in [0.5, 0.6) is 0 Å². The van der Waals surface area contributed by atoms with Crippen molar-refractivity contribution in [2.24, 2.45) is 0 Å². The fraction of sp³-hybridized carbons (Fsp3) is 0.217. The quantitative estimate of drug-likeness (QED) is 0.265. The SMILES string of the molecule is C=CCn1c(CCNC(=O)c2ccc(Cl)c(Cl)c2)nnc1SCC(=O)Nc1ccc(Cl)cc1C. The predicted octanol–water partition coefficient (Wildman–Crippen LogP) is 5.44. The number of benzene rings is 2. The van der Waals surface area contributed by atoms with Crippen molar-refractivity contribution < 1.29 is 9.59 Å². The van der Waals surface area contributed by atoms with Crippen molar-refractivity contribution in [3.8, 4) is 0 Å². The highest BCUT2D eigenvalue weighted by molar-refractivity contribution is 7.99. The summed E-state index contributed by atoms with van der Waals surface area (Å²) in [5.74, 6) is 0.396. The van der Waals surface area contributed by atoms with E-state index in [2.05, 4.69) is 27.4 Å². The first-order valence-corrected chi connectivity index (χ1v) is 12.4. The maximum Gasteiger partial charge on any atom is 0.251 e. The summed E-state index contributed by atoms with van der Waals surface area (Å²) in [5.41, 5.74) is 2.01. The molecule has 2 aromatic carbocycles. The smallest absolute Gasteiger partial charge is 0.251 e. The molecule has 0 bridgehead atoms. The van der Waals surface area contributed by atoms with E-state index in [0.29, 0.717) is 56.8 Å². The van der Waals surface area contributed by atoms with Crippen LogP contribution in [0.2, 0.25) is 15.1 Å². The van der Waals surface area contributed by atoms with Gasteiger partial charge in [-0.05, 0) is 48.9 Å². The van der Waals surface area contributed by atoms with Crippen LogP contribution in [0.25, 0.3) is 0 Å². The lowest BCUT2D eigenvalue weighted by Crippen LogP contribution is -2.26. The van der Waals surface area contributed by atoms with E-state index in [9.17, 15) is 9.59 Å². The normalized spacial score (nSPS) is 10.7. The number of nitrogens with one attached hydrogen (secondary N) is 2. The summed E-state index contributed by atoms with van der Waals surface area (Å²) in [4.78, 5) is 24.8. The van der Waals surface area contributed by atoms with Gasteiger partial charge in [-0.15, -0.1) is 16.8 Å². The molecule has 2 N–H and O–H groups in total. The summed E-state index contributed by atoms with van der Waals surface area (Å²) < 4.78 is 1.86. The number of amides is 2. The molecular weight excluding hydrogens is 517 g/mol. The van der Waals surface area contributed by atoms with Gasteiger partial charge in [0.25, 0.3) is 5.91 Å². The largest absolute Gasteiger partial charge is 0.352 e. The number of rotatable bonds is 10. The predicted molar refractivity (Wildman–Crippen MR) is 138 cm³/mol. The van der Waals surface area contributed by atoms with Gasteiger partial charge in [0.05, 0.1) is 15.8 Å². The third-order valence-corrected chi connectivity index (χ3v) is 6.66. The number of carbonyl (C=O) groups is 2. The summed E-state index contributed by atoms with van der Waals surface area (Å²) in [5, 5.41) is 16.0. The summed E-state index contributed by atoms with van der Waals surface area (Å²) in [6, 6.07) is 9.99. The van der Waals surface area contributed by atoms with Gasteiger partial charge < -0.3 is 15.2 Å². The van der Waals surface area contributed by atoms with E-state index in [4.69, 9.17) is 34.8 Å². The van der Waals surface area contributed by atoms with E-state index in [0.717, 1.165) is 5.56 Å². The zero-order valence-electron chi connectivity index (χ0n) is 18.3. The van der Waals surface area contributed by atoms with E-state index < -0.39 is 0 Å². The van der Waals surface area contributed by atoms with Crippen molar-refractivity contribution in [1.29, 1.82) is 0 Å². The Bertz CT molecular complexity index is 1220. The van der Waals surface area contributed by atoms with E-state index in [1.54, 1.807) is 36.4 Å². The van der Waals surface area contributed by atoms with Crippen molar-refractivity contribution in [3.63, 3.8) is 0 Å². The standard InChI is InChI=1S/C23H22Cl3N5O2S/c1-3-10-31-20(8-9-27-22(33)15-4-6-17(25)18(26)12-15)29-30-23(31)34-13-21(32)28-19-7-5-16(24)11-14(19)2/h3-7,11-12H,1,8-10,13H2,2H3,(H,27,33)(H,28,32). The van der Waals surface area contributed by atoms with Gasteiger partial charge in [-0.3, -0.25) is 9.59 Å². The molecule has 0 atom stereocenters. The fourth-order valence-electron chi connectivity index (χ4n) is 3.03. The molecule has 0 aliphatic carbocycles. The number of thioether (sulfide) groups is 1. The molecule has 3 rings (SSSR count). The number of allylic oxidation sites excluding steroid dienone is 1. The van der Waals surface area contributed by atoms with Gasteiger partial charge in [-0.25, -0.2) is 0 Å². The number of halogens is 3. The van der Waals surface area contributed by atoms with Gasteiger partial charge in [0, 0.05) is 35.8 Å². The molecule has 1 aromatic heterocycles. The lowest BCUT2D eigenvalue weighted by molar-refractivity contribution is -0.113. The minimum Gasteiger partial charge on any atom is -0.352 e. The number of aromatic nitrogens is 3. The van der Waals surface area contributed by atoms with Crippen molar-refractivity contribution in [3.05, 3.63) is 81.1 Å². The van der Waals surface area contributed by atoms with Gasteiger partial charge in [-0.1, -0.05) is 52.6 Å². The van der Waals surface area contributed by atoms with E-state index in [1.807, 2.05) is 11.5 Å². The highest BCUT2D eigenvalue weighted by Crippen LogP contribution is 2.23. The molecule has 1 heterocycles. The molecule has 0 unspecified atom stereocenters. The second kappa shape index (κ2) is 12.3. The van der Waals surface area contributed by atoms with Crippen LogP contribution in [-0.4, -0.2) is 38.9 Å². The Hall–Kier alpha value is -2.52. The fourth-order valence-corrected chi connectivity index (χ4v) is 4.33. The Labute approximate surface area is 216 Å². The molecule has 34 heavy (non-hydrogen) atoms. The van der Waals surface area contributed by atoms with Gasteiger partial charge in [-0.2, -0.15) is 0 Å². The van der Waals surface area contributed by atoms with Crippen LogP contribution in [0.3, 0.4) is 0 Å². The Kier molecular flexibility index (Phi) is 9.41. The lowest BCUT2D eigenvalue weighted by atomic mass is 10.2. The zero-order chi connectivity index (χ0) is 24.7. The highest BCUT2D eigenvalue weighted by atomic mass is 35.5. The van der Waals surface area contributed by atoms with Crippen molar-refractivity contribution in [1.82, 2.24) is 20.1 Å². The minimum absolute atomic E-state index is 0.158. The third kappa shape index (κ3) is 6.99. The summed E-state index contributed by atoms with van der Waals surface area (Å²) in [6.07, 6.45) is 2.17. The maximum atomic E-state index is 12.4. The monoisotopic (exact) mass is 537 g/mol. The van der Waals surface area contributed by atoms with Gasteiger partial charge >= 0.3 is 0 Å². The number of nitrogens with zero attached hydrogens (tertiary/aromatic N) is 3. The van der Waals surface area contributed by atoms with Crippen LogP contribution in [-0.2, 0) is 17.8 Å². The van der Waals surface area contributed by atoms with Gasteiger partial charge in [0.1, 0.15) is 5.82 Å². The molecule has 0 fully saturated rings. The van der Waals surface area contributed by atoms with Crippen LogP contribution >= 0.6 is 46.6 Å². The first-order valence-electron chi connectivity index (χ1n) is 10.2. The molecule has 3 aromatic rings. The van der Waals surface area contributed by atoms with E-state index >= 15 is 0 Å². The van der Waals surface area contributed by atoms with Crippen LogP contribution in [0, 0.1) is 6.92 Å². The van der Waals surface area contributed by atoms with E-state index in [1.165, 1.54) is 17.8 Å². The molecule has 0 spiro atoms. The number of hydrogen-bond acceptors (Lipinski definition) is 5. The Morgan fingerprint density at radius 3 is 2.62 bits per heavy atom. The molecule has 0 aliphatic heterocycles.